The number of hydrogen-bond acceptors (Lipinski definition) is 2. The molecule has 0 saturated carbocycles. The van der Waals surface area contributed by atoms with E-state index in [0.717, 1.165) is 22.4 Å². The zero-order valence-corrected chi connectivity index (χ0v) is 12.7. The van der Waals surface area contributed by atoms with E-state index in [2.05, 4.69) is 26.0 Å². The van der Waals surface area contributed by atoms with E-state index in [1.54, 1.807) is 12.1 Å². The second-order valence-electron chi connectivity index (χ2n) is 5.22. The molecule has 106 valence electrons. The summed E-state index contributed by atoms with van der Waals surface area (Å²) in [5.41, 5.74) is 3.07. The fourth-order valence-electron chi connectivity index (χ4n) is 2.05. The van der Waals surface area contributed by atoms with E-state index in [0.29, 0.717) is 16.7 Å². The summed E-state index contributed by atoms with van der Waals surface area (Å²) < 4.78 is 5.97. The van der Waals surface area contributed by atoms with Gasteiger partial charge in [-0.1, -0.05) is 43.6 Å². The first-order chi connectivity index (χ1) is 9.51. The summed E-state index contributed by atoms with van der Waals surface area (Å²) >= 11 is 6.19. The minimum Gasteiger partial charge on any atom is -0.455 e. The first kappa shape index (κ1) is 14.9. The topological polar surface area (TPSA) is 29.5 Å². The van der Waals surface area contributed by atoms with Crippen LogP contribution < -0.4 is 4.74 Å². The molecule has 0 radical (unpaired) electrons. The SMILES string of the molecule is Cc1ccc(C(C)C)c(Oc2ccc(CO)cc2Cl)c1. The van der Waals surface area contributed by atoms with Gasteiger partial charge in [-0.05, 0) is 47.7 Å². The summed E-state index contributed by atoms with van der Waals surface area (Å²) in [5.74, 6) is 1.82. The Bertz CT molecular complexity index is 606. The second-order valence-corrected chi connectivity index (χ2v) is 5.63. The van der Waals surface area contributed by atoms with Crippen LogP contribution >= 0.6 is 11.6 Å². The van der Waals surface area contributed by atoms with Gasteiger partial charge in [-0.25, -0.2) is 0 Å². The van der Waals surface area contributed by atoms with E-state index in [1.807, 2.05) is 19.1 Å². The van der Waals surface area contributed by atoms with Gasteiger partial charge in [0.2, 0.25) is 0 Å². The van der Waals surface area contributed by atoms with Crippen molar-refractivity contribution in [3.05, 3.63) is 58.1 Å². The fraction of sp³-hybridized carbons (Fsp3) is 0.294. The maximum Gasteiger partial charge on any atom is 0.146 e. The van der Waals surface area contributed by atoms with Gasteiger partial charge < -0.3 is 9.84 Å². The van der Waals surface area contributed by atoms with Crippen LogP contribution in [-0.2, 0) is 6.61 Å². The van der Waals surface area contributed by atoms with Gasteiger partial charge in [0.25, 0.3) is 0 Å². The molecule has 3 heteroatoms. The molecule has 0 unspecified atom stereocenters. The Balaban J connectivity index is 2.36. The summed E-state index contributed by atoms with van der Waals surface area (Å²) in [6.07, 6.45) is 0. The molecule has 2 rings (SSSR count). The molecule has 0 spiro atoms. The largest absolute Gasteiger partial charge is 0.455 e. The van der Waals surface area contributed by atoms with Crippen LogP contribution in [0.15, 0.2) is 36.4 Å². The van der Waals surface area contributed by atoms with E-state index in [9.17, 15) is 0 Å². The lowest BCUT2D eigenvalue weighted by molar-refractivity contribution is 0.281. The molecule has 2 aromatic carbocycles. The molecule has 1 N–H and O–H groups in total. The highest BCUT2D eigenvalue weighted by Crippen LogP contribution is 2.35. The quantitative estimate of drug-likeness (QED) is 0.853. The average Bonchev–Trinajstić information content (AvgIpc) is 2.40. The van der Waals surface area contributed by atoms with E-state index in [-0.39, 0.29) is 6.61 Å². The van der Waals surface area contributed by atoms with Crippen LogP contribution in [0.1, 0.15) is 36.5 Å². The van der Waals surface area contributed by atoms with Crippen molar-refractivity contribution in [2.75, 3.05) is 0 Å². The molecule has 0 atom stereocenters. The van der Waals surface area contributed by atoms with Crippen LogP contribution in [0, 0.1) is 6.92 Å². The van der Waals surface area contributed by atoms with Crippen molar-refractivity contribution in [1.29, 1.82) is 0 Å². The van der Waals surface area contributed by atoms with Crippen LogP contribution in [0.5, 0.6) is 11.5 Å². The third-order valence-corrected chi connectivity index (χ3v) is 3.49. The lowest BCUT2D eigenvalue weighted by atomic mass is 10.0. The number of halogens is 1. The third-order valence-electron chi connectivity index (χ3n) is 3.19. The standard InChI is InChI=1S/C17H19ClO2/c1-11(2)14-6-4-12(3)8-17(14)20-16-7-5-13(10-19)9-15(16)18/h4-9,11,19H,10H2,1-3H3. The van der Waals surface area contributed by atoms with E-state index in [1.165, 1.54) is 0 Å². The molecule has 0 fully saturated rings. The summed E-state index contributed by atoms with van der Waals surface area (Å²) in [4.78, 5) is 0. The fourth-order valence-corrected chi connectivity index (χ4v) is 2.29. The van der Waals surface area contributed by atoms with E-state index in [4.69, 9.17) is 21.4 Å². The molecule has 0 saturated heterocycles. The normalized spacial score (nSPS) is 10.9. The van der Waals surface area contributed by atoms with Crippen molar-refractivity contribution in [3.8, 4) is 11.5 Å². The first-order valence-corrected chi connectivity index (χ1v) is 7.06. The van der Waals surface area contributed by atoms with Gasteiger partial charge in [0.15, 0.2) is 0 Å². The molecule has 0 aliphatic rings. The Morgan fingerprint density at radius 2 is 1.85 bits per heavy atom. The zero-order valence-electron chi connectivity index (χ0n) is 12.0. The molecule has 0 bridgehead atoms. The van der Waals surface area contributed by atoms with Gasteiger partial charge in [-0.15, -0.1) is 0 Å². The van der Waals surface area contributed by atoms with Crippen LogP contribution in [-0.4, -0.2) is 5.11 Å². The zero-order chi connectivity index (χ0) is 14.7. The number of ether oxygens (including phenoxy) is 1. The molecule has 0 aliphatic carbocycles. The van der Waals surface area contributed by atoms with Crippen LogP contribution in [0.4, 0.5) is 0 Å². The molecular weight excluding hydrogens is 272 g/mol. The lowest BCUT2D eigenvalue weighted by Crippen LogP contribution is -1.95. The molecule has 20 heavy (non-hydrogen) atoms. The summed E-state index contributed by atoms with van der Waals surface area (Å²) in [7, 11) is 0. The smallest absolute Gasteiger partial charge is 0.146 e. The Labute approximate surface area is 125 Å². The highest BCUT2D eigenvalue weighted by atomic mass is 35.5. The van der Waals surface area contributed by atoms with Crippen molar-refractivity contribution in [2.24, 2.45) is 0 Å². The Morgan fingerprint density at radius 1 is 1.10 bits per heavy atom. The number of rotatable bonds is 4. The molecule has 0 heterocycles. The van der Waals surface area contributed by atoms with Crippen molar-refractivity contribution in [2.45, 2.75) is 33.3 Å². The number of aliphatic hydroxyl groups excluding tert-OH is 1. The predicted molar refractivity (Wildman–Crippen MR) is 82.7 cm³/mol. The van der Waals surface area contributed by atoms with Crippen LogP contribution in [0.2, 0.25) is 5.02 Å². The summed E-state index contributed by atoms with van der Waals surface area (Å²) in [6.45, 7) is 6.27. The van der Waals surface area contributed by atoms with Crippen molar-refractivity contribution in [3.63, 3.8) is 0 Å². The monoisotopic (exact) mass is 290 g/mol. The minimum absolute atomic E-state index is 0.0261. The van der Waals surface area contributed by atoms with Gasteiger partial charge in [0, 0.05) is 0 Å². The highest BCUT2D eigenvalue weighted by molar-refractivity contribution is 6.32. The number of benzene rings is 2. The summed E-state index contributed by atoms with van der Waals surface area (Å²) in [5, 5.41) is 9.60. The van der Waals surface area contributed by atoms with Gasteiger partial charge in [0.05, 0.1) is 11.6 Å². The predicted octanol–water partition coefficient (Wildman–Crippen LogP) is 5.06. The molecule has 0 amide bonds. The third kappa shape index (κ3) is 3.33. The van der Waals surface area contributed by atoms with E-state index >= 15 is 0 Å². The van der Waals surface area contributed by atoms with Gasteiger partial charge in [-0.2, -0.15) is 0 Å². The average molecular weight is 291 g/mol. The highest BCUT2D eigenvalue weighted by Gasteiger charge is 2.11. The van der Waals surface area contributed by atoms with Gasteiger partial charge in [-0.3, -0.25) is 0 Å². The number of aliphatic hydroxyl groups is 1. The summed E-state index contributed by atoms with van der Waals surface area (Å²) in [6, 6.07) is 11.5. The maximum atomic E-state index is 9.10. The van der Waals surface area contributed by atoms with Gasteiger partial charge in [0.1, 0.15) is 11.5 Å². The lowest BCUT2D eigenvalue weighted by Gasteiger charge is -2.15. The molecule has 0 aromatic heterocycles. The number of hydrogen-bond donors (Lipinski definition) is 1. The van der Waals surface area contributed by atoms with Crippen LogP contribution in [0.25, 0.3) is 0 Å². The molecule has 0 aliphatic heterocycles. The Morgan fingerprint density at radius 3 is 2.45 bits per heavy atom. The molecular formula is C17H19ClO2. The van der Waals surface area contributed by atoms with Crippen molar-refractivity contribution in [1.82, 2.24) is 0 Å². The van der Waals surface area contributed by atoms with E-state index < -0.39 is 0 Å². The second kappa shape index (κ2) is 6.29. The minimum atomic E-state index is -0.0261. The molecule has 2 nitrogen and oxygen atoms in total. The Kier molecular flexibility index (Phi) is 4.69. The van der Waals surface area contributed by atoms with Crippen LogP contribution in [0.3, 0.4) is 0 Å². The van der Waals surface area contributed by atoms with Crippen molar-refractivity contribution >= 4 is 11.6 Å². The Hall–Kier alpha value is -1.51. The first-order valence-electron chi connectivity index (χ1n) is 6.69. The van der Waals surface area contributed by atoms with Crippen molar-refractivity contribution < 1.29 is 9.84 Å². The van der Waals surface area contributed by atoms with Gasteiger partial charge >= 0.3 is 0 Å². The maximum absolute atomic E-state index is 9.10. The molecule has 2 aromatic rings. The number of aryl methyl sites for hydroxylation is 1.